The summed E-state index contributed by atoms with van der Waals surface area (Å²) in [4.78, 5) is 17.1. The van der Waals surface area contributed by atoms with Gasteiger partial charge in [0.15, 0.2) is 0 Å². The first-order valence-corrected chi connectivity index (χ1v) is 9.30. The van der Waals surface area contributed by atoms with Crippen molar-refractivity contribution < 1.29 is 13.9 Å². The van der Waals surface area contributed by atoms with E-state index >= 15 is 0 Å². The lowest BCUT2D eigenvalue weighted by Gasteiger charge is -2.40. The van der Waals surface area contributed by atoms with Crippen LogP contribution in [0.25, 0.3) is 0 Å². The molecule has 5 heteroatoms. The van der Waals surface area contributed by atoms with Gasteiger partial charge in [-0.25, -0.2) is 0 Å². The van der Waals surface area contributed by atoms with Crippen molar-refractivity contribution in [1.82, 2.24) is 4.90 Å². The standard InChI is InChI=1S/C21H28N2O3/c1-16(2)21(24)23(15-20-5-4-14-26-20)18-10-12-22(13-11-18)17-6-8-19(25-3)9-7-17/h4-9,14,16,18H,10-13,15H2,1-3H3. The summed E-state index contributed by atoms with van der Waals surface area (Å²) in [7, 11) is 1.68. The van der Waals surface area contributed by atoms with E-state index in [1.165, 1.54) is 5.69 Å². The Labute approximate surface area is 155 Å². The number of hydrogen-bond acceptors (Lipinski definition) is 4. The minimum atomic E-state index is -0.00965. The summed E-state index contributed by atoms with van der Waals surface area (Å²) < 4.78 is 10.7. The van der Waals surface area contributed by atoms with E-state index in [0.717, 1.165) is 37.4 Å². The second-order valence-electron chi connectivity index (χ2n) is 7.12. The van der Waals surface area contributed by atoms with Crippen molar-refractivity contribution in [2.45, 2.75) is 39.3 Å². The Morgan fingerprint density at radius 3 is 2.46 bits per heavy atom. The first kappa shape index (κ1) is 18.4. The van der Waals surface area contributed by atoms with Gasteiger partial charge in [0.25, 0.3) is 0 Å². The van der Waals surface area contributed by atoms with E-state index in [2.05, 4.69) is 17.0 Å². The molecule has 26 heavy (non-hydrogen) atoms. The second-order valence-corrected chi connectivity index (χ2v) is 7.12. The van der Waals surface area contributed by atoms with Crippen LogP contribution >= 0.6 is 0 Å². The molecular weight excluding hydrogens is 328 g/mol. The SMILES string of the molecule is COc1ccc(N2CCC(N(Cc3ccco3)C(=O)C(C)C)CC2)cc1. The van der Waals surface area contributed by atoms with Gasteiger partial charge in [-0.1, -0.05) is 13.8 Å². The van der Waals surface area contributed by atoms with Crippen LogP contribution in [0.15, 0.2) is 47.1 Å². The summed E-state index contributed by atoms with van der Waals surface area (Å²) in [6.45, 7) is 6.36. The third-order valence-corrected chi connectivity index (χ3v) is 5.03. The van der Waals surface area contributed by atoms with E-state index in [1.807, 2.05) is 43.0 Å². The van der Waals surface area contributed by atoms with Crippen molar-refractivity contribution in [3.05, 3.63) is 48.4 Å². The predicted molar refractivity (Wildman–Crippen MR) is 102 cm³/mol. The number of hydrogen-bond donors (Lipinski definition) is 0. The number of carbonyl (C=O) groups excluding carboxylic acids is 1. The first-order valence-electron chi connectivity index (χ1n) is 9.30. The van der Waals surface area contributed by atoms with Gasteiger partial charge in [-0.3, -0.25) is 4.79 Å². The topological polar surface area (TPSA) is 45.9 Å². The lowest BCUT2D eigenvalue weighted by atomic mass is 10.0. The predicted octanol–water partition coefficient (Wildman–Crippen LogP) is 3.94. The number of ether oxygens (including phenoxy) is 1. The maximum absolute atomic E-state index is 12.7. The molecule has 0 saturated carbocycles. The molecule has 140 valence electrons. The number of methoxy groups -OCH3 is 1. The van der Waals surface area contributed by atoms with Crippen molar-refractivity contribution in [2.24, 2.45) is 5.92 Å². The van der Waals surface area contributed by atoms with Crippen molar-refractivity contribution in [2.75, 3.05) is 25.1 Å². The maximum Gasteiger partial charge on any atom is 0.225 e. The summed E-state index contributed by atoms with van der Waals surface area (Å²) in [5, 5.41) is 0. The average Bonchev–Trinajstić information content (AvgIpc) is 3.19. The largest absolute Gasteiger partial charge is 0.497 e. The number of rotatable bonds is 6. The number of furan rings is 1. The summed E-state index contributed by atoms with van der Waals surface area (Å²) in [6.07, 6.45) is 3.59. The van der Waals surface area contributed by atoms with Crippen LogP contribution in [0.3, 0.4) is 0 Å². The van der Waals surface area contributed by atoms with Crippen LogP contribution < -0.4 is 9.64 Å². The lowest BCUT2D eigenvalue weighted by molar-refractivity contribution is -0.138. The molecule has 1 fully saturated rings. The van der Waals surface area contributed by atoms with Crippen LogP contribution in [0, 0.1) is 5.92 Å². The third-order valence-electron chi connectivity index (χ3n) is 5.03. The van der Waals surface area contributed by atoms with E-state index in [1.54, 1.807) is 13.4 Å². The van der Waals surface area contributed by atoms with E-state index in [0.29, 0.717) is 6.54 Å². The number of nitrogens with zero attached hydrogens (tertiary/aromatic N) is 2. The van der Waals surface area contributed by atoms with Crippen molar-refractivity contribution in [1.29, 1.82) is 0 Å². The average molecular weight is 356 g/mol. The monoisotopic (exact) mass is 356 g/mol. The van der Waals surface area contributed by atoms with Gasteiger partial charge >= 0.3 is 0 Å². The fourth-order valence-corrected chi connectivity index (χ4v) is 3.52. The highest BCUT2D eigenvalue weighted by molar-refractivity contribution is 5.78. The number of anilines is 1. The van der Waals surface area contributed by atoms with Crippen molar-refractivity contribution >= 4 is 11.6 Å². The molecule has 1 aromatic heterocycles. The summed E-state index contributed by atoms with van der Waals surface area (Å²) in [5.74, 6) is 1.90. The van der Waals surface area contributed by atoms with Crippen molar-refractivity contribution in [3.63, 3.8) is 0 Å². The van der Waals surface area contributed by atoms with E-state index in [-0.39, 0.29) is 17.9 Å². The molecule has 3 rings (SSSR count). The molecule has 1 aliphatic rings. The van der Waals surface area contributed by atoms with Gasteiger partial charge in [-0.15, -0.1) is 0 Å². The molecule has 1 aromatic carbocycles. The molecule has 5 nitrogen and oxygen atoms in total. The molecule has 2 aromatic rings. The Hall–Kier alpha value is -2.43. The normalized spacial score (nSPS) is 15.3. The quantitative estimate of drug-likeness (QED) is 0.786. The highest BCUT2D eigenvalue weighted by Gasteiger charge is 2.29. The Kier molecular flexibility index (Phi) is 5.86. The fourth-order valence-electron chi connectivity index (χ4n) is 3.52. The zero-order valence-corrected chi connectivity index (χ0v) is 15.9. The number of benzene rings is 1. The summed E-state index contributed by atoms with van der Waals surface area (Å²) in [6, 6.07) is 12.2. The van der Waals surface area contributed by atoms with E-state index in [9.17, 15) is 4.79 Å². The van der Waals surface area contributed by atoms with Crippen LogP contribution in [0.2, 0.25) is 0 Å². The summed E-state index contributed by atoms with van der Waals surface area (Å²) >= 11 is 0. The molecule has 0 radical (unpaired) electrons. The number of amides is 1. The molecule has 0 atom stereocenters. The van der Waals surface area contributed by atoms with Gasteiger partial charge in [-0.2, -0.15) is 0 Å². The zero-order valence-electron chi connectivity index (χ0n) is 15.9. The van der Waals surface area contributed by atoms with Crippen LogP contribution in [-0.4, -0.2) is 37.0 Å². The Bertz CT molecular complexity index is 687. The van der Waals surface area contributed by atoms with Crippen molar-refractivity contribution in [3.8, 4) is 5.75 Å². The molecule has 0 spiro atoms. The van der Waals surface area contributed by atoms with Gasteiger partial charge in [0.2, 0.25) is 5.91 Å². The lowest BCUT2D eigenvalue weighted by Crippen LogP contribution is -2.48. The molecule has 0 N–H and O–H groups in total. The molecule has 1 amide bonds. The van der Waals surface area contributed by atoms with E-state index in [4.69, 9.17) is 9.15 Å². The maximum atomic E-state index is 12.7. The van der Waals surface area contributed by atoms with Crippen LogP contribution in [0.4, 0.5) is 5.69 Å². The van der Waals surface area contributed by atoms with Crippen LogP contribution in [-0.2, 0) is 11.3 Å². The fraction of sp³-hybridized carbons (Fsp3) is 0.476. The molecular formula is C21H28N2O3. The second kappa shape index (κ2) is 8.30. The smallest absolute Gasteiger partial charge is 0.225 e. The molecule has 1 saturated heterocycles. The van der Waals surface area contributed by atoms with Gasteiger partial charge in [-0.05, 0) is 49.2 Å². The molecule has 2 heterocycles. The first-order chi connectivity index (χ1) is 12.6. The number of carbonyl (C=O) groups is 1. The molecule has 0 aliphatic carbocycles. The molecule has 0 bridgehead atoms. The minimum absolute atomic E-state index is 0.00965. The van der Waals surface area contributed by atoms with Gasteiger partial charge in [0.05, 0.1) is 19.9 Å². The van der Waals surface area contributed by atoms with E-state index < -0.39 is 0 Å². The number of piperidine rings is 1. The van der Waals surface area contributed by atoms with Crippen LogP contribution in [0.1, 0.15) is 32.4 Å². The zero-order chi connectivity index (χ0) is 18.5. The van der Waals surface area contributed by atoms with Gasteiger partial charge < -0.3 is 19.0 Å². The van der Waals surface area contributed by atoms with Gasteiger partial charge in [0, 0.05) is 30.7 Å². The minimum Gasteiger partial charge on any atom is -0.497 e. The van der Waals surface area contributed by atoms with Gasteiger partial charge in [0.1, 0.15) is 11.5 Å². The summed E-state index contributed by atoms with van der Waals surface area (Å²) in [5.41, 5.74) is 1.21. The Morgan fingerprint density at radius 2 is 1.92 bits per heavy atom. The third kappa shape index (κ3) is 4.21. The van der Waals surface area contributed by atoms with Crippen LogP contribution in [0.5, 0.6) is 5.75 Å². The molecule has 1 aliphatic heterocycles. The Morgan fingerprint density at radius 1 is 1.23 bits per heavy atom. The Balaban J connectivity index is 1.65. The molecule has 0 unspecified atom stereocenters. The highest BCUT2D eigenvalue weighted by Crippen LogP contribution is 2.26. The highest BCUT2D eigenvalue weighted by atomic mass is 16.5.